The first kappa shape index (κ1) is 18.1. The van der Waals surface area contributed by atoms with Gasteiger partial charge in [-0.1, -0.05) is 0 Å². The van der Waals surface area contributed by atoms with E-state index in [0.29, 0.717) is 43.2 Å². The quantitative estimate of drug-likeness (QED) is 0.862. The molecule has 0 radical (unpaired) electrons. The van der Waals surface area contributed by atoms with E-state index in [1.807, 2.05) is 0 Å². The fourth-order valence-corrected chi connectivity index (χ4v) is 3.44. The largest absolute Gasteiger partial charge is 0.378 e. The molecule has 2 saturated heterocycles. The maximum atomic E-state index is 12.4. The molecule has 0 bridgehead atoms. The summed E-state index contributed by atoms with van der Waals surface area (Å²) in [6, 6.07) is 0.569. The summed E-state index contributed by atoms with van der Waals surface area (Å²) in [5.41, 5.74) is 0.522. The van der Waals surface area contributed by atoms with E-state index in [2.05, 4.69) is 38.9 Å². The third kappa shape index (κ3) is 4.89. The number of hydrogen-bond donors (Lipinski definition) is 1. The van der Waals surface area contributed by atoms with Crippen molar-refractivity contribution in [2.24, 2.45) is 5.92 Å². The van der Waals surface area contributed by atoms with Crippen LogP contribution in [0.25, 0.3) is 0 Å². The number of nitrogens with one attached hydrogen (secondary N) is 1. The number of likely N-dealkylation sites (tertiary alicyclic amines) is 1. The summed E-state index contributed by atoms with van der Waals surface area (Å²) in [7, 11) is 0. The van der Waals surface area contributed by atoms with E-state index < -0.39 is 0 Å². The average Bonchev–Trinajstić information content (AvgIpc) is 2.67. The maximum Gasteiger partial charge on any atom is 0.254 e. The molecule has 2 aliphatic heterocycles. The number of nitrogens with zero attached hydrogens (tertiary/aromatic N) is 4. The number of aromatic nitrogens is 2. The van der Waals surface area contributed by atoms with Gasteiger partial charge in [0.05, 0.1) is 18.8 Å². The molecule has 7 nitrogen and oxygen atoms in total. The number of morpholine rings is 1. The zero-order valence-corrected chi connectivity index (χ0v) is 15.3. The maximum absolute atomic E-state index is 12.4. The Morgan fingerprint density at radius 1 is 1.28 bits per heavy atom. The van der Waals surface area contributed by atoms with Crippen molar-refractivity contribution >= 4 is 11.9 Å². The third-order valence-corrected chi connectivity index (χ3v) is 5.03. The number of hydrogen-bond acceptors (Lipinski definition) is 6. The Kier molecular flexibility index (Phi) is 6.20. The summed E-state index contributed by atoms with van der Waals surface area (Å²) >= 11 is 0. The molecule has 7 heteroatoms. The van der Waals surface area contributed by atoms with Gasteiger partial charge < -0.3 is 19.9 Å². The SMILES string of the molecule is CC(C)N1CCC[C@H](CNC(=O)c2cnc(N3CCOCC3)nc2)C1. The van der Waals surface area contributed by atoms with Crippen molar-refractivity contribution < 1.29 is 9.53 Å². The van der Waals surface area contributed by atoms with Gasteiger partial charge in [0.1, 0.15) is 0 Å². The first-order valence-corrected chi connectivity index (χ1v) is 9.30. The lowest BCUT2D eigenvalue weighted by molar-refractivity contribution is 0.0922. The molecule has 138 valence electrons. The van der Waals surface area contributed by atoms with Crippen LogP contribution in [0.3, 0.4) is 0 Å². The first-order chi connectivity index (χ1) is 12.1. The van der Waals surface area contributed by atoms with Gasteiger partial charge in [0.15, 0.2) is 0 Å². The van der Waals surface area contributed by atoms with E-state index in [4.69, 9.17) is 4.74 Å². The number of amides is 1. The van der Waals surface area contributed by atoms with Crippen LogP contribution in [0.5, 0.6) is 0 Å². The highest BCUT2D eigenvalue weighted by Crippen LogP contribution is 2.18. The molecule has 3 rings (SSSR count). The molecular weight excluding hydrogens is 318 g/mol. The van der Waals surface area contributed by atoms with Crippen molar-refractivity contribution in [1.29, 1.82) is 0 Å². The van der Waals surface area contributed by atoms with Crippen LogP contribution in [0.15, 0.2) is 12.4 Å². The molecule has 2 aliphatic rings. The summed E-state index contributed by atoms with van der Waals surface area (Å²) in [6.07, 6.45) is 5.62. The molecule has 3 heterocycles. The number of piperidine rings is 1. The van der Waals surface area contributed by atoms with Gasteiger partial charge >= 0.3 is 0 Å². The lowest BCUT2D eigenvalue weighted by atomic mass is 9.97. The molecule has 25 heavy (non-hydrogen) atoms. The second-order valence-electron chi connectivity index (χ2n) is 7.18. The van der Waals surface area contributed by atoms with Crippen molar-refractivity contribution in [3.8, 4) is 0 Å². The molecule has 0 unspecified atom stereocenters. The Labute approximate surface area is 149 Å². The summed E-state index contributed by atoms with van der Waals surface area (Å²) in [6.45, 7) is 10.4. The number of ether oxygens (including phenoxy) is 1. The fraction of sp³-hybridized carbons (Fsp3) is 0.722. The Bertz CT molecular complexity index is 557. The average molecular weight is 347 g/mol. The van der Waals surface area contributed by atoms with Gasteiger partial charge in [0.2, 0.25) is 5.95 Å². The summed E-state index contributed by atoms with van der Waals surface area (Å²) < 4.78 is 5.33. The monoisotopic (exact) mass is 347 g/mol. The van der Waals surface area contributed by atoms with Crippen molar-refractivity contribution in [1.82, 2.24) is 20.2 Å². The summed E-state index contributed by atoms with van der Waals surface area (Å²) in [4.78, 5) is 25.6. The lowest BCUT2D eigenvalue weighted by Gasteiger charge is -2.35. The zero-order chi connectivity index (χ0) is 17.6. The molecule has 0 aliphatic carbocycles. The minimum atomic E-state index is -0.0878. The molecule has 1 atom stereocenters. The van der Waals surface area contributed by atoms with Crippen LogP contribution < -0.4 is 10.2 Å². The molecule has 1 amide bonds. The number of anilines is 1. The minimum Gasteiger partial charge on any atom is -0.378 e. The standard InChI is InChI=1S/C18H29N5O2/c1-14(2)23-5-3-4-15(13-23)10-19-17(24)16-11-20-18(21-12-16)22-6-8-25-9-7-22/h11-12,14-15H,3-10,13H2,1-2H3,(H,19,24)/t15-/m1/s1. The van der Waals surface area contributed by atoms with Crippen LogP contribution in [0.2, 0.25) is 0 Å². The third-order valence-electron chi connectivity index (χ3n) is 5.03. The van der Waals surface area contributed by atoms with Crippen LogP contribution in [0.1, 0.15) is 37.0 Å². The summed E-state index contributed by atoms with van der Waals surface area (Å²) in [5, 5.41) is 3.05. The van der Waals surface area contributed by atoms with Gasteiger partial charge in [-0.15, -0.1) is 0 Å². The Morgan fingerprint density at radius 3 is 2.68 bits per heavy atom. The molecular formula is C18H29N5O2. The summed E-state index contributed by atoms with van der Waals surface area (Å²) in [5.74, 6) is 1.10. The second-order valence-corrected chi connectivity index (χ2v) is 7.18. The van der Waals surface area contributed by atoms with Gasteiger partial charge in [-0.2, -0.15) is 0 Å². The highest BCUT2D eigenvalue weighted by atomic mass is 16.5. The van der Waals surface area contributed by atoms with E-state index in [0.717, 1.165) is 19.6 Å². The molecule has 0 spiro atoms. The van der Waals surface area contributed by atoms with Gasteiger partial charge in [-0.3, -0.25) is 4.79 Å². The molecule has 0 aromatic carbocycles. The molecule has 0 saturated carbocycles. The number of rotatable bonds is 5. The topological polar surface area (TPSA) is 70.6 Å². The first-order valence-electron chi connectivity index (χ1n) is 9.30. The molecule has 1 aromatic heterocycles. The van der Waals surface area contributed by atoms with Crippen LogP contribution in [0, 0.1) is 5.92 Å². The van der Waals surface area contributed by atoms with Crippen molar-refractivity contribution in [2.75, 3.05) is 50.8 Å². The Hall–Kier alpha value is -1.73. The molecule has 1 aromatic rings. The smallest absolute Gasteiger partial charge is 0.254 e. The van der Waals surface area contributed by atoms with E-state index in [-0.39, 0.29) is 5.91 Å². The van der Waals surface area contributed by atoms with Gasteiger partial charge in [0.25, 0.3) is 5.91 Å². The van der Waals surface area contributed by atoms with Crippen LogP contribution >= 0.6 is 0 Å². The Balaban J connectivity index is 1.49. The predicted octanol–water partition coefficient (Wildman–Crippen LogP) is 1.16. The van der Waals surface area contributed by atoms with Crippen LogP contribution in [0.4, 0.5) is 5.95 Å². The van der Waals surface area contributed by atoms with E-state index in [9.17, 15) is 4.79 Å². The van der Waals surface area contributed by atoms with Gasteiger partial charge in [0, 0.05) is 44.6 Å². The Morgan fingerprint density at radius 2 is 2.00 bits per heavy atom. The fourth-order valence-electron chi connectivity index (χ4n) is 3.44. The van der Waals surface area contributed by atoms with Crippen LogP contribution in [-0.4, -0.2) is 72.8 Å². The van der Waals surface area contributed by atoms with Crippen LogP contribution in [-0.2, 0) is 4.74 Å². The van der Waals surface area contributed by atoms with Gasteiger partial charge in [-0.05, 0) is 39.2 Å². The number of carbonyl (C=O) groups excluding carboxylic acids is 1. The molecule has 2 fully saturated rings. The van der Waals surface area contributed by atoms with Crippen molar-refractivity contribution in [3.05, 3.63) is 18.0 Å². The van der Waals surface area contributed by atoms with E-state index in [1.165, 1.54) is 19.4 Å². The van der Waals surface area contributed by atoms with Crippen molar-refractivity contribution in [3.63, 3.8) is 0 Å². The lowest BCUT2D eigenvalue weighted by Crippen LogP contribution is -2.43. The second kappa shape index (κ2) is 8.58. The predicted molar refractivity (Wildman–Crippen MR) is 96.8 cm³/mol. The number of carbonyl (C=O) groups is 1. The van der Waals surface area contributed by atoms with Gasteiger partial charge in [-0.25, -0.2) is 9.97 Å². The minimum absolute atomic E-state index is 0.0878. The van der Waals surface area contributed by atoms with E-state index in [1.54, 1.807) is 12.4 Å². The molecule has 1 N–H and O–H groups in total. The van der Waals surface area contributed by atoms with E-state index >= 15 is 0 Å². The highest BCUT2D eigenvalue weighted by molar-refractivity contribution is 5.93. The zero-order valence-electron chi connectivity index (χ0n) is 15.3. The normalized spacial score (nSPS) is 22.2. The highest BCUT2D eigenvalue weighted by Gasteiger charge is 2.22. The van der Waals surface area contributed by atoms with Crippen molar-refractivity contribution in [2.45, 2.75) is 32.7 Å².